The Kier molecular flexibility index (Phi) is 4.25. The summed E-state index contributed by atoms with van der Waals surface area (Å²) in [6, 6.07) is 14.4. The summed E-state index contributed by atoms with van der Waals surface area (Å²) < 4.78 is 13.5. The molecule has 120 valence electrons. The first-order valence-corrected chi connectivity index (χ1v) is 7.45. The average Bonchev–Trinajstić information content (AvgIpc) is 3.38. The summed E-state index contributed by atoms with van der Waals surface area (Å²) >= 11 is 0. The molecule has 0 aliphatic heterocycles. The summed E-state index contributed by atoms with van der Waals surface area (Å²) in [6.45, 7) is 0. The van der Waals surface area contributed by atoms with Crippen LogP contribution in [0.4, 0.5) is 15.8 Å². The first-order valence-electron chi connectivity index (χ1n) is 7.45. The van der Waals surface area contributed by atoms with Crippen molar-refractivity contribution in [2.24, 2.45) is 11.8 Å². The molecule has 1 aliphatic rings. The summed E-state index contributed by atoms with van der Waals surface area (Å²) in [5.74, 6) is -2.07. The lowest BCUT2D eigenvalue weighted by atomic mass is 10.2. The molecule has 1 saturated carbocycles. The van der Waals surface area contributed by atoms with E-state index >= 15 is 0 Å². The zero-order valence-corrected chi connectivity index (χ0v) is 12.6. The van der Waals surface area contributed by atoms with Crippen molar-refractivity contribution in [1.82, 2.24) is 0 Å². The molecule has 3 rings (SSSR count). The number of halogens is 1. The van der Waals surface area contributed by atoms with E-state index in [2.05, 4.69) is 10.6 Å². The predicted molar refractivity (Wildman–Crippen MR) is 86.4 cm³/mol. The van der Waals surface area contributed by atoms with E-state index in [4.69, 9.17) is 5.26 Å². The van der Waals surface area contributed by atoms with Crippen molar-refractivity contribution < 1.29 is 14.0 Å². The van der Waals surface area contributed by atoms with Crippen molar-refractivity contribution >= 4 is 23.2 Å². The number of nitriles is 1. The second-order valence-corrected chi connectivity index (χ2v) is 5.60. The van der Waals surface area contributed by atoms with Crippen molar-refractivity contribution in [3.8, 4) is 6.07 Å². The number of benzene rings is 2. The molecule has 24 heavy (non-hydrogen) atoms. The molecule has 0 saturated heterocycles. The highest BCUT2D eigenvalue weighted by molar-refractivity contribution is 6.03. The SMILES string of the molecule is N#Cc1cccc(NC(=O)C2CC2C(=O)Nc2ccccc2F)c1. The van der Waals surface area contributed by atoms with Gasteiger partial charge in [-0.15, -0.1) is 0 Å². The molecule has 2 aromatic rings. The van der Waals surface area contributed by atoms with Gasteiger partial charge in [0.1, 0.15) is 5.82 Å². The summed E-state index contributed by atoms with van der Waals surface area (Å²) in [5.41, 5.74) is 1.06. The van der Waals surface area contributed by atoms with Gasteiger partial charge in [-0.3, -0.25) is 9.59 Å². The van der Waals surface area contributed by atoms with Gasteiger partial charge >= 0.3 is 0 Å². The number of carbonyl (C=O) groups is 2. The molecule has 2 N–H and O–H groups in total. The molecule has 0 radical (unpaired) electrons. The molecular formula is C18H14FN3O2. The normalized spacial score (nSPS) is 18.3. The molecule has 0 bridgehead atoms. The van der Waals surface area contributed by atoms with E-state index in [-0.39, 0.29) is 17.5 Å². The third kappa shape index (κ3) is 3.41. The van der Waals surface area contributed by atoms with Crippen LogP contribution in [-0.2, 0) is 9.59 Å². The average molecular weight is 323 g/mol. The van der Waals surface area contributed by atoms with E-state index in [1.165, 1.54) is 18.2 Å². The van der Waals surface area contributed by atoms with Gasteiger partial charge in [0.25, 0.3) is 0 Å². The number of para-hydroxylation sites is 1. The number of nitrogens with zero attached hydrogens (tertiary/aromatic N) is 1. The Hall–Kier alpha value is -3.20. The standard InChI is InChI=1S/C18H14FN3O2/c19-15-6-1-2-7-16(15)22-18(24)14-9-13(14)17(23)21-12-5-3-4-11(8-12)10-20/h1-8,13-14H,9H2,(H,21,23)(H,22,24). The fourth-order valence-corrected chi connectivity index (χ4v) is 2.46. The van der Waals surface area contributed by atoms with E-state index in [0.29, 0.717) is 17.7 Å². The Labute approximate surface area is 138 Å². The summed E-state index contributed by atoms with van der Waals surface area (Å²) in [7, 11) is 0. The van der Waals surface area contributed by atoms with Crippen LogP contribution < -0.4 is 10.6 Å². The van der Waals surface area contributed by atoms with Gasteiger partial charge in [-0.2, -0.15) is 5.26 Å². The van der Waals surface area contributed by atoms with Crippen LogP contribution >= 0.6 is 0 Å². The van der Waals surface area contributed by atoms with Gasteiger partial charge in [0.05, 0.1) is 29.2 Å². The minimum atomic E-state index is -0.513. The number of amides is 2. The fraction of sp³-hybridized carbons (Fsp3) is 0.167. The maximum absolute atomic E-state index is 13.5. The number of hydrogen-bond acceptors (Lipinski definition) is 3. The molecule has 0 spiro atoms. The van der Waals surface area contributed by atoms with Crippen molar-refractivity contribution in [2.45, 2.75) is 6.42 Å². The van der Waals surface area contributed by atoms with E-state index in [1.54, 1.807) is 30.3 Å². The molecule has 2 aromatic carbocycles. The highest BCUT2D eigenvalue weighted by Gasteiger charge is 2.48. The monoisotopic (exact) mass is 323 g/mol. The van der Waals surface area contributed by atoms with Crippen LogP contribution in [0.3, 0.4) is 0 Å². The van der Waals surface area contributed by atoms with E-state index in [0.717, 1.165) is 0 Å². The van der Waals surface area contributed by atoms with Crippen LogP contribution in [0.1, 0.15) is 12.0 Å². The van der Waals surface area contributed by atoms with Crippen LogP contribution in [0.15, 0.2) is 48.5 Å². The summed E-state index contributed by atoms with van der Waals surface area (Å²) in [5, 5.41) is 14.0. The lowest BCUT2D eigenvalue weighted by molar-refractivity contribution is -0.122. The maximum Gasteiger partial charge on any atom is 0.228 e. The molecule has 1 aliphatic carbocycles. The Morgan fingerprint density at radius 1 is 1.04 bits per heavy atom. The van der Waals surface area contributed by atoms with Gasteiger partial charge in [-0.05, 0) is 36.8 Å². The molecule has 1 fully saturated rings. The Balaban J connectivity index is 1.58. The minimum absolute atomic E-state index is 0.107. The summed E-state index contributed by atoms with van der Waals surface area (Å²) in [4.78, 5) is 24.3. The second kappa shape index (κ2) is 6.50. The van der Waals surface area contributed by atoms with Crippen LogP contribution in [-0.4, -0.2) is 11.8 Å². The van der Waals surface area contributed by atoms with Gasteiger partial charge in [0.2, 0.25) is 11.8 Å². The van der Waals surface area contributed by atoms with Crippen LogP contribution in [0.2, 0.25) is 0 Å². The van der Waals surface area contributed by atoms with E-state index in [9.17, 15) is 14.0 Å². The summed E-state index contributed by atoms with van der Waals surface area (Å²) in [6.07, 6.45) is 0.421. The van der Waals surface area contributed by atoms with Crippen molar-refractivity contribution in [2.75, 3.05) is 10.6 Å². The number of hydrogen-bond donors (Lipinski definition) is 2. The molecular weight excluding hydrogens is 309 g/mol. The highest BCUT2D eigenvalue weighted by atomic mass is 19.1. The first-order chi connectivity index (χ1) is 11.6. The topological polar surface area (TPSA) is 82.0 Å². The third-order valence-electron chi connectivity index (χ3n) is 3.85. The zero-order valence-electron chi connectivity index (χ0n) is 12.6. The van der Waals surface area contributed by atoms with E-state index in [1.807, 2.05) is 6.07 Å². The van der Waals surface area contributed by atoms with Crippen LogP contribution in [0, 0.1) is 29.0 Å². The number of carbonyl (C=O) groups excluding carboxylic acids is 2. The van der Waals surface area contributed by atoms with Gasteiger partial charge in [0, 0.05) is 5.69 Å². The Morgan fingerprint density at radius 3 is 2.46 bits per heavy atom. The lowest BCUT2D eigenvalue weighted by Crippen LogP contribution is -2.21. The zero-order chi connectivity index (χ0) is 17.1. The second-order valence-electron chi connectivity index (χ2n) is 5.60. The van der Waals surface area contributed by atoms with Gasteiger partial charge < -0.3 is 10.6 Å². The predicted octanol–water partition coefficient (Wildman–Crippen LogP) is 2.91. The molecule has 5 nitrogen and oxygen atoms in total. The van der Waals surface area contributed by atoms with Gasteiger partial charge in [-0.25, -0.2) is 4.39 Å². The molecule has 2 atom stereocenters. The molecule has 2 unspecified atom stereocenters. The van der Waals surface area contributed by atoms with Crippen molar-refractivity contribution in [1.29, 1.82) is 5.26 Å². The van der Waals surface area contributed by atoms with Crippen LogP contribution in [0.5, 0.6) is 0 Å². The first kappa shape index (κ1) is 15.7. The third-order valence-corrected chi connectivity index (χ3v) is 3.85. The molecule has 6 heteroatoms. The van der Waals surface area contributed by atoms with Crippen LogP contribution in [0.25, 0.3) is 0 Å². The molecule has 0 heterocycles. The fourth-order valence-electron chi connectivity index (χ4n) is 2.46. The minimum Gasteiger partial charge on any atom is -0.326 e. The van der Waals surface area contributed by atoms with Gasteiger partial charge in [0.15, 0.2) is 0 Å². The Morgan fingerprint density at radius 2 is 1.75 bits per heavy atom. The number of anilines is 2. The number of rotatable bonds is 4. The maximum atomic E-state index is 13.5. The highest BCUT2D eigenvalue weighted by Crippen LogP contribution is 2.40. The Bertz CT molecular complexity index is 844. The quantitative estimate of drug-likeness (QED) is 0.907. The number of nitrogens with one attached hydrogen (secondary N) is 2. The van der Waals surface area contributed by atoms with E-state index < -0.39 is 17.7 Å². The smallest absolute Gasteiger partial charge is 0.228 e. The van der Waals surface area contributed by atoms with Crippen molar-refractivity contribution in [3.63, 3.8) is 0 Å². The largest absolute Gasteiger partial charge is 0.326 e. The molecule has 2 amide bonds. The van der Waals surface area contributed by atoms with Gasteiger partial charge in [-0.1, -0.05) is 18.2 Å². The molecule has 0 aromatic heterocycles. The van der Waals surface area contributed by atoms with Crippen molar-refractivity contribution in [3.05, 3.63) is 59.9 Å². The lowest BCUT2D eigenvalue weighted by Gasteiger charge is -2.07.